The van der Waals surface area contributed by atoms with Gasteiger partial charge < -0.3 is 9.15 Å². The molecule has 4 nitrogen and oxygen atoms in total. The molecule has 0 saturated carbocycles. The third-order valence-corrected chi connectivity index (χ3v) is 4.55. The Morgan fingerprint density at radius 3 is 2.42 bits per heavy atom. The Hall–Kier alpha value is -2.30. The fourth-order valence-corrected chi connectivity index (χ4v) is 3.00. The fourth-order valence-electron chi connectivity index (χ4n) is 2.47. The SMILES string of the molecule is CC(=O)[C@H](C)Oc1c(-c2ccc(C)cc2)oc2c(Cl)cc(Cl)cc2c1=O. The van der Waals surface area contributed by atoms with E-state index in [1.165, 1.54) is 19.1 Å². The lowest BCUT2D eigenvalue weighted by Crippen LogP contribution is -2.24. The first-order valence-electron chi connectivity index (χ1n) is 7.98. The Balaban J connectivity index is 2.34. The summed E-state index contributed by atoms with van der Waals surface area (Å²) in [4.78, 5) is 24.7. The summed E-state index contributed by atoms with van der Waals surface area (Å²) in [6, 6.07) is 10.4. The summed E-state index contributed by atoms with van der Waals surface area (Å²) < 4.78 is 11.6. The van der Waals surface area contributed by atoms with Gasteiger partial charge in [-0.15, -0.1) is 0 Å². The molecule has 0 bridgehead atoms. The van der Waals surface area contributed by atoms with Crippen molar-refractivity contribution in [2.45, 2.75) is 26.9 Å². The molecule has 0 radical (unpaired) electrons. The monoisotopic (exact) mass is 390 g/mol. The van der Waals surface area contributed by atoms with Crippen LogP contribution in [-0.4, -0.2) is 11.9 Å². The van der Waals surface area contributed by atoms with Crippen LogP contribution in [0.5, 0.6) is 5.75 Å². The second-order valence-electron chi connectivity index (χ2n) is 6.09. The Morgan fingerprint density at radius 1 is 1.15 bits per heavy atom. The fraction of sp³-hybridized carbons (Fsp3) is 0.200. The van der Waals surface area contributed by atoms with E-state index in [-0.39, 0.29) is 33.3 Å². The lowest BCUT2D eigenvalue weighted by atomic mass is 10.1. The molecule has 0 aliphatic carbocycles. The number of carbonyl (C=O) groups is 1. The highest BCUT2D eigenvalue weighted by molar-refractivity contribution is 6.38. The summed E-state index contributed by atoms with van der Waals surface area (Å²) in [5, 5.41) is 0.733. The molecule has 2 aromatic carbocycles. The van der Waals surface area contributed by atoms with Crippen LogP contribution in [0.4, 0.5) is 0 Å². The van der Waals surface area contributed by atoms with E-state index in [0.717, 1.165) is 5.56 Å². The van der Waals surface area contributed by atoms with E-state index in [4.69, 9.17) is 32.4 Å². The first-order valence-corrected chi connectivity index (χ1v) is 8.73. The highest BCUT2D eigenvalue weighted by Gasteiger charge is 2.22. The molecule has 6 heteroatoms. The number of carbonyl (C=O) groups excluding carboxylic acids is 1. The maximum absolute atomic E-state index is 13.0. The van der Waals surface area contributed by atoms with E-state index in [1.54, 1.807) is 6.92 Å². The minimum absolute atomic E-state index is 0.0395. The van der Waals surface area contributed by atoms with Crippen molar-refractivity contribution >= 4 is 40.0 Å². The van der Waals surface area contributed by atoms with Gasteiger partial charge in [-0.1, -0.05) is 53.0 Å². The number of Topliss-reactive ketones (excluding diaryl/α,β-unsaturated/α-hetero) is 1. The van der Waals surface area contributed by atoms with Crippen molar-refractivity contribution in [1.82, 2.24) is 0 Å². The van der Waals surface area contributed by atoms with Gasteiger partial charge in [0.2, 0.25) is 11.2 Å². The van der Waals surface area contributed by atoms with Crippen molar-refractivity contribution in [2.75, 3.05) is 0 Å². The van der Waals surface area contributed by atoms with Gasteiger partial charge >= 0.3 is 0 Å². The average molecular weight is 391 g/mol. The summed E-state index contributed by atoms with van der Waals surface area (Å²) in [6.45, 7) is 4.93. The third-order valence-electron chi connectivity index (χ3n) is 4.05. The molecule has 0 saturated heterocycles. The molecule has 0 amide bonds. The topological polar surface area (TPSA) is 56.5 Å². The van der Waals surface area contributed by atoms with Crippen molar-refractivity contribution < 1.29 is 13.9 Å². The lowest BCUT2D eigenvalue weighted by Gasteiger charge is -2.15. The Bertz CT molecular complexity index is 1050. The molecular weight excluding hydrogens is 375 g/mol. The number of aryl methyl sites for hydroxylation is 1. The lowest BCUT2D eigenvalue weighted by molar-refractivity contribution is -0.122. The van der Waals surface area contributed by atoms with Gasteiger partial charge in [0.05, 0.1) is 10.4 Å². The number of hydrogen-bond acceptors (Lipinski definition) is 4. The van der Waals surface area contributed by atoms with Crippen molar-refractivity contribution in [3.8, 4) is 17.1 Å². The molecule has 1 atom stereocenters. The van der Waals surface area contributed by atoms with Gasteiger partial charge in [0.15, 0.2) is 23.2 Å². The predicted molar refractivity (Wildman–Crippen MR) is 103 cm³/mol. The molecule has 1 aromatic heterocycles. The maximum Gasteiger partial charge on any atom is 0.235 e. The van der Waals surface area contributed by atoms with E-state index in [9.17, 15) is 9.59 Å². The number of fused-ring (bicyclic) bond motifs is 1. The molecule has 134 valence electrons. The van der Waals surface area contributed by atoms with Crippen molar-refractivity contribution in [1.29, 1.82) is 0 Å². The highest BCUT2D eigenvalue weighted by atomic mass is 35.5. The number of rotatable bonds is 4. The Kier molecular flexibility index (Phi) is 5.08. The maximum atomic E-state index is 13.0. The minimum atomic E-state index is -0.797. The predicted octanol–water partition coefficient (Wildman–Crippen LogP) is 5.43. The van der Waals surface area contributed by atoms with Crippen LogP contribution in [-0.2, 0) is 4.79 Å². The van der Waals surface area contributed by atoms with Crippen LogP contribution in [0, 0.1) is 6.92 Å². The largest absolute Gasteiger partial charge is 0.475 e. The molecule has 0 unspecified atom stereocenters. The van der Waals surface area contributed by atoms with Gasteiger partial charge in [0, 0.05) is 10.6 Å². The van der Waals surface area contributed by atoms with Crippen LogP contribution in [0.3, 0.4) is 0 Å². The average Bonchev–Trinajstić information content (AvgIpc) is 2.58. The molecule has 3 aromatic rings. The summed E-state index contributed by atoms with van der Waals surface area (Å²) in [5.74, 6) is -0.0225. The molecule has 0 N–H and O–H groups in total. The molecule has 1 heterocycles. The van der Waals surface area contributed by atoms with Crippen molar-refractivity contribution in [3.05, 3.63) is 62.2 Å². The van der Waals surface area contributed by atoms with Crippen LogP contribution in [0.15, 0.2) is 45.6 Å². The van der Waals surface area contributed by atoms with E-state index in [1.807, 2.05) is 31.2 Å². The summed E-state index contributed by atoms with van der Waals surface area (Å²) >= 11 is 12.2. The summed E-state index contributed by atoms with van der Waals surface area (Å²) in [7, 11) is 0. The number of hydrogen-bond donors (Lipinski definition) is 0. The van der Waals surface area contributed by atoms with E-state index >= 15 is 0 Å². The van der Waals surface area contributed by atoms with Gasteiger partial charge in [-0.25, -0.2) is 0 Å². The summed E-state index contributed by atoms with van der Waals surface area (Å²) in [6.07, 6.45) is -0.797. The van der Waals surface area contributed by atoms with Crippen LogP contribution in [0.2, 0.25) is 10.0 Å². The Morgan fingerprint density at radius 2 is 1.81 bits per heavy atom. The van der Waals surface area contributed by atoms with E-state index in [2.05, 4.69) is 0 Å². The van der Waals surface area contributed by atoms with Crippen LogP contribution in [0.1, 0.15) is 19.4 Å². The molecule has 0 fully saturated rings. The number of ether oxygens (including phenoxy) is 1. The third kappa shape index (κ3) is 3.48. The second-order valence-corrected chi connectivity index (χ2v) is 6.93. The summed E-state index contributed by atoms with van der Waals surface area (Å²) in [5.41, 5.74) is 1.49. The standard InChI is InChI=1S/C20H16Cl2O4/c1-10-4-6-13(7-5-10)18-20(25-12(3)11(2)23)17(24)15-8-14(21)9-16(22)19(15)26-18/h4-9,12H,1-3H3/t12-/m0/s1. The van der Waals surface area contributed by atoms with Crippen LogP contribution < -0.4 is 10.2 Å². The number of ketones is 1. The van der Waals surface area contributed by atoms with E-state index in [0.29, 0.717) is 10.6 Å². The van der Waals surface area contributed by atoms with Gasteiger partial charge in [-0.05, 0) is 32.9 Å². The first-order chi connectivity index (χ1) is 12.3. The Labute approximate surface area is 160 Å². The van der Waals surface area contributed by atoms with Crippen LogP contribution in [0.25, 0.3) is 22.3 Å². The molecular formula is C20H16Cl2O4. The zero-order valence-corrected chi connectivity index (χ0v) is 15.9. The highest BCUT2D eigenvalue weighted by Crippen LogP contribution is 2.35. The second kappa shape index (κ2) is 7.14. The van der Waals surface area contributed by atoms with Gasteiger partial charge in [-0.3, -0.25) is 9.59 Å². The molecule has 0 spiro atoms. The molecule has 0 aliphatic heterocycles. The molecule has 0 aliphatic rings. The number of benzene rings is 2. The van der Waals surface area contributed by atoms with Gasteiger partial charge in [0.25, 0.3) is 0 Å². The smallest absolute Gasteiger partial charge is 0.235 e. The van der Waals surface area contributed by atoms with Gasteiger partial charge in [-0.2, -0.15) is 0 Å². The van der Waals surface area contributed by atoms with E-state index < -0.39 is 11.5 Å². The quantitative estimate of drug-likeness (QED) is 0.595. The van der Waals surface area contributed by atoms with Crippen molar-refractivity contribution in [3.63, 3.8) is 0 Å². The first kappa shape index (κ1) is 18.5. The minimum Gasteiger partial charge on any atom is -0.475 e. The molecule has 3 rings (SSSR count). The normalized spacial score (nSPS) is 12.2. The zero-order chi connectivity index (χ0) is 19.0. The molecule has 26 heavy (non-hydrogen) atoms. The van der Waals surface area contributed by atoms with Gasteiger partial charge in [0.1, 0.15) is 0 Å². The van der Waals surface area contributed by atoms with Crippen molar-refractivity contribution in [2.24, 2.45) is 0 Å². The van der Waals surface area contributed by atoms with Crippen LogP contribution >= 0.6 is 23.2 Å². The zero-order valence-electron chi connectivity index (χ0n) is 14.4. The number of halogens is 2.